The summed E-state index contributed by atoms with van der Waals surface area (Å²) in [5.74, 6) is -1.70. The zero-order valence-electron chi connectivity index (χ0n) is 14.0. The Hall–Kier alpha value is -3.23. The van der Waals surface area contributed by atoms with Gasteiger partial charge < -0.3 is 14.6 Å². The molecule has 0 radical (unpaired) electrons. The molecule has 2 aromatic rings. The Morgan fingerprint density at radius 2 is 1.74 bits per heavy atom. The molecule has 0 saturated heterocycles. The van der Waals surface area contributed by atoms with Gasteiger partial charge in [0.2, 0.25) is 0 Å². The molecule has 6 nitrogen and oxygen atoms in total. The number of nitrogens with zero attached hydrogens (tertiary/aromatic N) is 1. The predicted octanol–water partition coefficient (Wildman–Crippen LogP) is 4.20. The summed E-state index contributed by atoms with van der Waals surface area (Å²) >= 11 is 0. The number of amides is 1. The number of alkyl halides is 3. The smallest absolute Gasteiger partial charge is 0.481 e. The minimum absolute atomic E-state index is 0.0241. The molecule has 0 aliphatic carbocycles. The second kappa shape index (κ2) is 8.93. The Balaban J connectivity index is 2.16. The molecule has 0 atom stereocenters. The van der Waals surface area contributed by atoms with Crippen molar-refractivity contribution in [2.45, 2.75) is 19.4 Å². The maximum atomic E-state index is 12.4. The lowest BCUT2D eigenvalue weighted by Crippen LogP contribution is -2.33. The second-order valence-electron chi connectivity index (χ2n) is 5.38. The first-order valence-corrected chi connectivity index (χ1v) is 7.80. The summed E-state index contributed by atoms with van der Waals surface area (Å²) in [6.45, 7) is -0.347. The predicted molar refractivity (Wildman–Crippen MR) is 89.4 cm³/mol. The summed E-state index contributed by atoms with van der Waals surface area (Å²) in [6, 6.07) is 13.4. The summed E-state index contributed by atoms with van der Waals surface area (Å²) < 4.78 is 46.2. The van der Waals surface area contributed by atoms with Crippen molar-refractivity contribution in [1.29, 1.82) is 0 Å². The number of carbonyl (C=O) groups excluding carboxylic acids is 1. The van der Waals surface area contributed by atoms with Gasteiger partial charge >= 0.3 is 18.4 Å². The summed E-state index contributed by atoms with van der Waals surface area (Å²) in [5, 5.41) is 8.85. The van der Waals surface area contributed by atoms with Gasteiger partial charge in [-0.1, -0.05) is 36.4 Å². The van der Waals surface area contributed by atoms with Crippen molar-refractivity contribution in [3.8, 4) is 5.75 Å². The van der Waals surface area contributed by atoms with Crippen molar-refractivity contribution >= 4 is 17.7 Å². The third kappa shape index (κ3) is 6.89. The molecule has 0 aliphatic heterocycles. The zero-order valence-corrected chi connectivity index (χ0v) is 14.0. The number of aliphatic carboxylic acids is 1. The van der Waals surface area contributed by atoms with Gasteiger partial charge in [0.25, 0.3) is 0 Å². The molecule has 1 amide bonds. The van der Waals surface area contributed by atoms with Crippen LogP contribution in [0.5, 0.6) is 5.75 Å². The second-order valence-corrected chi connectivity index (χ2v) is 5.38. The molecule has 9 heteroatoms. The highest BCUT2D eigenvalue weighted by molar-refractivity contribution is 5.88. The molecule has 0 spiro atoms. The van der Waals surface area contributed by atoms with E-state index in [1.807, 2.05) is 0 Å². The standard InChI is InChI=1S/C18H16F3NO5/c19-18(20,21)27-15-8-4-7-14(11-15)22(10-9-16(23)24)17(25)26-12-13-5-2-1-3-6-13/h1-8,11H,9-10,12H2,(H,23,24). The first kappa shape index (κ1) is 20.1. The fraction of sp³-hybridized carbons (Fsp3) is 0.222. The van der Waals surface area contributed by atoms with Gasteiger partial charge in [-0.05, 0) is 17.7 Å². The fourth-order valence-corrected chi connectivity index (χ4v) is 2.18. The number of hydrogen-bond acceptors (Lipinski definition) is 4. The molecule has 0 heterocycles. The number of carboxylic acid groups (broad SMARTS) is 1. The number of hydrogen-bond donors (Lipinski definition) is 1. The summed E-state index contributed by atoms with van der Waals surface area (Å²) in [6.07, 6.45) is -6.19. The highest BCUT2D eigenvalue weighted by Crippen LogP contribution is 2.27. The Bertz CT molecular complexity index is 780. The highest BCUT2D eigenvalue weighted by Gasteiger charge is 2.31. The van der Waals surface area contributed by atoms with Crippen molar-refractivity contribution < 1.29 is 37.3 Å². The van der Waals surface area contributed by atoms with Gasteiger partial charge in [-0.3, -0.25) is 9.69 Å². The van der Waals surface area contributed by atoms with Crippen LogP contribution in [0, 0.1) is 0 Å². The van der Waals surface area contributed by atoms with Gasteiger partial charge in [0.05, 0.1) is 12.1 Å². The highest BCUT2D eigenvalue weighted by atomic mass is 19.4. The third-order valence-electron chi connectivity index (χ3n) is 3.34. The zero-order chi connectivity index (χ0) is 19.9. The van der Waals surface area contributed by atoms with Crippen LogP contribution in [0.1, 0.15) is 12.0 Å². The average Bonchev–Trinajstić information content (AvgIpc) is 2.59. The van der Waals surface area contributed by atoms with Gasteiger partial charge in [0.15, 0.2) is 0 Å². The largest absolute Gasteiger partial charge is 0.573 e. The molecule has 27 heavy (non-hydrogen) atoms. The maximum Gasteiger partial charge on any atom is 0.573 e. The first-order valence-electron chi connectivity index (χ1n) is 7.80. The number of benzene rings is 2. The lowest BCUT2D eigenvalue weighted by Gasteiger charge is -2.22. The summed E-state index contributed by atoms with van der Waals surface area (Å²) in [5.41, 5.74) is 0.731. The quantitative estimate of drug-likeness (QED) is 0.775. The monoisotopic (exact) mass is 383 g/mol. The van der Waals surface area contributed by atoms with Gasteiger partial charge in [-0.25, -0.2) is 4.79 Å². The Labute approximate surface area is 152 Å². The van der Waals surface area contributed by atoms with Gasteiger partial charge in [0, 0.05) is 12.6 Å². The van der Waals surface area contributed by atoms with E-state index in [9.17, 15) is 22.8 Å². The molecule has 2 rings (SSSR count). The third-order valence-corrected chi connectivity index (χ3v) is 3.34. The topological polar surface area (TPSA) is 76.1 Å². The molecular weight excluding hydrogens is 367 g/mol. The Morgan fingerprint density at radius 1 is 1.04 bits per heavy atom. The lowest BCUT2D eigenvalue weighted by atomic mass is 10.2. The molecule has 0 bridgehead atoms. The summed E-state index contributed by atoms with van der Waals surface area (Å²) in [7, 11) is 0. The lowest BCUT2D eigenvalue weighted by molar-refractivity contribution is -0.274. The van der Waals surface area contributed by atoms with Crippen LogP contribution in [0.4, 0.5) is 23.7 Å². The minimum Gasteiger partial charge on any atom is -0.481 e. The number of ether oxygens (including phenoxy) is 2. The number of anilines is 1. The van der Waals surface area contributed by atoms with Crippen LogP contribution in [0.25, 0.3) is 0 Å². The molecule has 0 unspecified atom stereocenters. The fourth-order valence-electron chi connectivity index (χ4n) is 2.18. The van der Waals surface area contributed by atoms with Crippen molar-refractivity contribution in [2.75, 3.05) is 11.4 Å². The molecule has 0 aromatic heterocycles. The van der Waals surface area contributed by atoms with Gasteiger partial charge in [-0.15, -0.1) is 13.2 Å². The molecule has 0 fully saturated rings. The number of rotatable bonds is 7. The molecule has 0 saturated carbocycles. The van der Waals surface area contributed by atoms with E-state index in [-0.39, 0.29) is 18.8 Å². The van der Waals surface area contributed by atoms with Crippen LogP contribution >= 0.6 is 0 Å². The van der Waals surface area contributed by atoms with Crippen molar-refractivity contribution in [2.24, 2.45) is 0 Å². The van der Waals surface area contributed by atoms with E-state index in [2.05, 4.69) is 4.74 Å². The Morgan fingerprint density at radius 3 is 2.37 bits per heavy atom. The van der Waals surface area contributed by atoms with Crippen molar-refractivity contribution in [3.63, 3.8) is 0 Å². The van der Waals surface area contributed by atoms with E-state index in [1.54, 1.807) is 30.3 Å². The van der Waals surface area contributed by atoms with Gasteiger partial charge in [0.1, 0.15) is 12.4 Å². The van der Waals surface area contributed by atoms with Crippen LogP contribution < -0.4 is 9.64 Å². The maximum absolute atomic E-state index is 12.4. The normalized spacial score (nSPS) is 10.9. The molecule has 144 valence electrons. The number of carboxylic acids is 1. The molecular formula is C18H16F3NO5. The Kier molecular flexibility index (Phi) is 6.64. The number of halogens is 3. The van der Waals surface area contributed by atoms with Crippen LogP contribution in [0.15, 0.2) is 54.6 Å². The van der Waals surface area contributed by atoms with Crippen LogP contribution in [0.2, 0.25) is 0 Å². The van der Waals surface area contributed by atoms with E-state index in [4.69, 9.17) is 9.84 Å². The number of carbonyl (C=O) groups is 2. The average molecular weight is 383 g/mol. The molecule has 2 aromatic carbocycles. The van der Waals surface area contributed by atoms with Crippen molar-refractivity contribution in [3.05, 3.63) is 60.2 Å². The summed E-state index contributed by atoms with van der Waals surface area (Å²) in [4.78, 5) is 24.2. The van der Waals surface area contributed by atoms with Crippen LogP contribution in [-0.2, 0) is 16.1 Å². The molecule has 1 N–H and O–H groups in total. The van der Waals surface area contributed by atoms with E-state index >= 15 is 0 Å². The first-order chi connectivity index (χ1) is 12.7. The van der Waals surface area contributed by atoms with E-state index in [1.165, 1.54) is 12.1 Å². The van der Waals surface area contributed by atoms with Crippen LogP contribution in [-0.4, -0.2) is 30.1 Å². The van der Waals surface area contributed by atoms with E-state index < -0.39 is 30.6 Å². The van der Waals surface area contributed by atoms with Crippen LogP contribution in [0.3, 0.4) is 0 Å². The van der Waals surface area contributed by atoms with Crippen molar-refractivity contribution in [1.82, 2.24) is 0 Å². The minimum atomic E-state index is -4.89. The van der Waals surface area contributed by atoms with E-state index in [0.29, 0.717) is 5.56 Å². The van der Waals surface area contributed by atoms with Gasteiger partial charge in [-0.2, -0.15) is 0 Å². The molecule has 0 aliphatic rings. The van der Waals surface area contributed by atoms with E-state index in [0.717, 1.165) is 17.0 Å². The SMILES string of the molecule is O=C(O)CCN(C(=O)OCc1ccccc1)c1cccc(OC(F)(F)F)c1.